The van der Waals surface area contributed by atoms with Gasteiger partial charge in [0.05, 0.1) is 44.6 Å². The maximum absolute atomic E-state index is 15.6. The summed E-state index contributed by atoms with van der Waals surface area (Å²) < 4.78 is 93.3. The Morgan fingerprint density at radius 2 is 0.938 bits per heavy atom. The van der Waals surface area contributed by atoms with Crippen molar-refractivity contribution in [2.75, 3.05) is 0 Å². The van der Waals surface area contributed by atoms with Crippen molar-refractivity contribution in [2.45, 2.75) is 26.2 Å². The number of benzene rings is 6. The first-order chi connectivity index (χ1) is 22.9. The van der Waals surface area contributed by atoms with Crippen LogP contribution in [0.25, 0.3) is 66.1 Å². The van der Waals surface area contributed by atoms with Crippen LogP contribution >= 0.6 is 0 Å². The van der Waals surface area contributed by atoms with Gasteiger partial charge < -0.3 is 9.13 Å². The van der Waals surface area contributed by atoms with E-state index in [9.17, 15) is 13.2 Å². The highest BCUT2D eigenvalue weighted by Gasteiger charge is 2.39. The Kier molecular flexibility index (Phi) is 6.54. The van der Waals surface area contributed by atoms with Crippen molar-refractivity contribution in [3.05, 3.63) is 144 Å². The van der Waals surface area contributed by atoms with Crippen molar-refractivity contribution >= 4 is 43.6 Å². The van der Waals surface area contributed by atoms with Gasteiger partial charge in [-0.2, -0.15) is 26.3 Å². The average Bonchev–Trinajstić information content (AvgIpc) is 3.58. The fourth-order valence-corrected chi connectivity index (χ4v) is 7.28. The molecule has 0 aliphatic carbocycles. The number of hydrogen-bond donors (Lipinski definition) is 0. The van der Waals surface area contributed by atoms with Crippen LogP contribution in [0.15, 0.2) is 121 Å². The Balaban J connectivity index is 1.64. The first-order valence-corrected chi connectivity index (χ1v) is 15.4. The summed E-state index contributed by atoms with van der Waals surface area (Å²) in [7, 11) is 0. The highest BCUT2D eigenvalue weighted by Crippen LogP contribution is 2.47. The molecule has 6 aromatic carbocycles. The number of fused-ring (bicyclic) bond motifs is 6. The predicted molar refractivity (Wildman–Crippen MR) is 180 cm³/mol. The third-order valence-electron chi connectivity index (χ3n) is 9.22. The number of halogens is 6. The Bertz CT molecular complexity index is 2560. The monoisotopic (exact) mass is 648 g/mol. The molecule has 8 heteroatoms. The van der Waals surface area contributed by atoms with Crippen molar-refractivity contribution in [1.29, 1.82) is 0 Å². The van der Waals surface area contributed by atoms with E-state index in [1.54, 1.807) is 33.4 Å². The van der Waals surface area contributed by atoms with Crippen molar-refractivity contribution in [3.8, 4) is 22.5 Å². The number of hydrogen-bond acceptors (Lipinski definition) is 0. The van der Waals surface area contributed by atoms with Crippen LogP contribution in [0, 0.1) is 13.8 Å². The van der Waals surface area contributed by atoms with E-state index in [0.29, 0.717) is 22.1 Å². The zero-order valence-electron chi connectivity index (χ0n) is 25.7. The first-order valence-electron chi connectivity index (χ1n) is 15.4. The molecule has 0 N–H and O–H groups in total. The molecule has 8 aromatic rings. The van der Waals surface area contributed by atoms with Crippen LogP contribution in [-0.4, -0.2) is 9.13 Å². The normalized spacial score (nSPS) is 12.6. The van der Waals surface area contributed by atoms with Gasteiger partial charge in [0, 0.05) is 21.5 Å². The summed E-state index contributed by atoms with van der Waals surface area (Å²) in [6, 6.07) is 32.9. The average molecular weight is 649 g/mol. The van der Waals surface area contributed by atoms with Gasteiger partial charge in [0.2, 0.25) is 0 Å². The third kappa shape index (κ3) is 4.43. The molecule has 0 atom stereocenters. The van der Waals surface area contributed by atoms with Crippen molar-refractivity contribution < 1.29 is 26.3 Å². The predicted octanol–water partition coefficient (Wildman–Crippen LogP) is 12.2. The minimum absolute atomic E-state index is 0.109. The third-order valence-corrected chi connectivity index (χ3v) is 9.22. The Morgan fingerprint density at radius 1 is 0.458 bits per heavy atom. The molecule has 0 spiro atoms. The quantitative estimate of drug-likeness (QED) is 0.169. The minimum atomic E-state index is -4.94. The standard InChI is InChI=1S/C40H26F6N2/c1-23-11-9-19-33-36(23)27-14-4-7-17-31(27)47(33)35-22-25(26-13-3-6-16-29(26)39(41,42)43)21-30(40(44,45)46)38(35)48-32-18-8-5-15-28(32)37-24(2)12-10-20-34(37)48/h3-22H,1-2H3. The largest absolute Gasteiger partial charge is 0.418 e. The number of alkyl halides is 6. The van der Waals surface area contributed by atoms with Crippen LogP contribution in [-0.2, 0) is 12.4 Å². The SMILES string of the molecule is Cc1cccc2c1c1ccccc1n2-c1cc(-c2ccccc2C(F)(F)F)cc(C(F)(F)F)c1-n1c2ccccc2c2c(C)cccc21. The summed E-state index contributed by atoms with van der Waals surface area (Å²) in [4.78, 5) is 0. The van der Waals surface area contributed by atoms with Gasteiger partial charge in [0.1, 0.15) is 0 Å². The molecule has 0 saturated heterocycles. The van der Waals surface area contributed by atoms with E-state index in [4.69, 9.17) is 0 Å². The van der Waals surface area contributed by atoms with Gasteiger partial charge in [-0.05, 0) is 78.6 Å². The lowest BCUT2D eigenvalue weighted by molar-refractivity contribution is -0.137. The lowest BCUT2D eigenvalue weighted by Crippen LogP contribution is -2.15. The number of rotatable bonds is 3. The molecule has 2 nitrogen and oxygen atoms in total. The van der Waals surface area contributed by atoms with Crippen LogP contribution in [0.2, 0.25) is 0 Å². The molecule has 2 aromatic heterocycles. The van der Waals surface area contributed by atoms with E-state index in [2.05, 4.69) is 0 Å². The summed E-state index contributed by atoms with van der Waals surface area (Å²) >= 11 is 0. The van der Waals surface area contributed by atoms with Gasteiger partial charge in [0.15, 0.2) is 0 Å². The second-order valence-corrected chi connectivity index (χ2v) is 12.1. The van der Waals surface area contributed by atoms with Crippen LogP contribution in [0.1, 0.15) is 22.3 Å². The minimum Gasteiger partial charge on any atom is -0.307 e. The van der Waals surface area contributed by atoms with E-state index in [1.807, 2.05) is 74.5 Å². The molecule has 0 aliphatic heterocycles. The van der Waals surface area contributed by atoms with Gasteiger partial charge in [-0.3, -0.25) is 0 Å². The molecule has 0 saturated carbocycles. The molecule has 0 radical (unpaired) electrons. The first kappa shape index (κ1) is 29.9. The molecular formula is C40H26F6N2. The van der Waals surface area contributed by atoms with E-state index < -0.39 is 23.5 Å². The highest BCUT2D eigenvalue weighted by molar-refractivity contribution is 6.13. The van der Waals surface area contributed by atoms with Crippen LogP contribution < -0.4 is 0 Å². The van der Waals surface area contributed by atoms with Gasteiger partial charge in [-0.15, -0.1) is 0 Å². The Labute approximate surface area is 271 Å². The van der Waals surface area contributed by atoms with Crippen LogP contribution in [0.4, 0.5) is 26.3 Å². The van der Waals surface area contributed by atoms with Crippen molar-refractivity contribution in [1.82, 2.24) is 9.13 Å². The zero-order valence-corrected chi connectivity index (χ0v) is 25.7. The summed E-state index contributed by atoms with van der Waals surface area (Å²) in [6.45, 7) is 3.85. The van der Waals surface area contributed by atoms with Gasteiger partial charge in [-0.25, -0.2) is 0 Å². The number of aryl methyl sites for hydroxylation is 2. The molecule has 0 fully saturated rings. The molecule has 8 rings (SSSR count). The van der Waals surface area contributed by atoms with Crippen molar-refractivity contribution in [3.63, 3.8) is 0 Å². The fraction of sp³-hybridized carbons (Fsp3) is 0.100. The number of aromatic nitrogens is 2. The molecule has 0 bridgehead atoms. The van der Waals surface area contributed by atoms with Gasteiger partial charge in [-0.1, -0.05) is 78.9 Å². The lowest BCUT2D eigenvalue weighted by atomic mass is 9.95. The number of para-hydroxylation sites is 2. The molecule has 0 aliphatic rings. The number of nitrogens with zero attached hydrogens (tertiary/aromatic N) is 2. The van der Waals surface area contributed by atoms with Gasteiger partial charge in [0.25, 0.3) is 0 Å². The summed E-state index contributed by atoms with van der Waals surface area (Å²) in [5.74, 6) is 0. The highest BCUT2D eigenvalue weighted by atomic mass is 19.4. The summed E-state index contributed by atoms with van der Waals surface area (Å²) in [6.07, 6.45) is -9.73. The molecule has 238 valence electrons. The maximum Gasteiger partial charge on any atom is 0.418 e. The molecule has 0 unspecified atom stereocenters. The maximum atomic E-state index is 15.6. The summed E-state index contributed by atoms with van der Waals surface area (Å²) in [5.41, 5.74) is 1.55. The van der Waals surface area contributed by atoms with E-state index in [-0.39, 0.29) is 22.5 Å². The Hall–Kier alpha value is -5.50. The van der Waals surface area contributed by atoms with Crippen molar-refractivity contribution in [2.24, 2.45) is 0 Å². The molecule has 48 heavy (non-hydrogen) atoms. The van der Waals surface area contributed by atoms with E-state index >= 15 is 13.2 Å². The van der Waals surface area contributed by atoms with Crippen LogP contribution in [0.5, 0.6) is 0 Å². The topological polar surface area (TPSA) is 9.86 Å². The molecular weight excluding hydrogens is 622 g/mol. The zero-order chi connectivity index (χ0) is 33.5. The van der Waals surface area contributed by atoms with Crippen LogP contribution in [0.3, 0.4) is 0 Å². The Morgan fingerprint density at radius 3 is 1.52 bits per heavy atom. The van der Waals surface area contributed by atoms with E-state index in [1.165, 1.54) is 24.3 Å². The second-order valence-electron chi connectivity index (χ2n) is 12.1. The second kappa shape index (κ2) is 10.5. The van der Waals surface area contributed by atoms with E-state index in [0.717, 1.165) is 44.8 Å². The molecule has 2 heterocycles. The lowest BCUT2D eigenvalue weighted by Gasteiger charge is -2.24. The van der Waals surface area contributed by atoms with Gasteiger partial charge >= 0.3 is 12.4 Å². The summed E-state index contributed by atoms with van der Waals surface area (Å²) in [5, 5.41) is 3.25. The smallest absolute Gasteiger partial charge is 0.307 e. The molecule has 0 amide bonds. The fourth-order valence-electron chi connectivity index (χ4n) is 7.28.